The minimum Gasteiger partial charge on any atom is -0.263 e. The standard InChI is InChI=1S/C31H27ClN2S.C2H6/c1-21(2)6-7-22-8-10-25(11-9-22)30(26-14-12-23(13-15-26)29-19-34-20-35-29)31(24-4-3-5-24)27-16-17-33-18-28(27)32;1-2/h6-20,24H,1,3-5H2,2H3;1-2H3/b7-6+,31-30+;. The lowest BCUT2D eigenvalue weighted by molar-refractivity contribution is 0.401. The Labute approximate surface area is 230 Å². The zero-order valence-electron chi connectivity index (χ0n) is 21.7. The van der Waals surface area contributed by atoms with Crippen LogP contribution in [0, 0.1) is 5.92 Å². The van der Waals surface area contributed by atoms with Gasteiger partial charge in [0.1, 0.15) is 0 Å². The van der Waals surface area contributed by atoms with Crippen LogP contribution in [-0.2, 0) is 0 Å². The van der Waals surface area contributed by atoms with E-state index < -0.39 is 0 Å². The van der Waals surface area contributed by atoms with E-state index in [1.165, 1.54) is 52.0 Å². The largest absolute Gasteiger partial charge is 0.263 e. The first-order valence-corrected chi connectivity index (χ1v) is 14.1. The molecule has 2 nitrogen and oxygen atoms in total. The van der Waals surface area contributed by atoms with Crippen LogP contribution >= 0.6 is 22.9 Å². The van der Waals surface area contributed by atoms with Crippen LogP contribution in [0.5, 0.6) is 0 Å². The molecule has 0 amide bonds. The third kappa shape index (κ3) is 6.36. The first kappa shape index (κ1) is 26.8. The van der Waals surface area contributed by atoms with Gasteiger partial charge in [0.05, 0.1) is 15.4 Å². The molecule has 4 heteroatoms. The lowest BCUT2D eigenvalue weighted by Gasteiger charge is -2.32. The van der Waals surface area contributed by atoms with Gasteiger partial charge in [0, 0.05) is 24.2 Å². The van der Waals surface area contributed by atoms with Crippen LogP contribution < -0.4 is 0 Å². The lowest BCUT2D eigenvalue weighted by atomic mass is 9.73. The maximum atomic E-state index is 6.73. The Morgan fingerprint density at radius 1 is 0.946 bits per heavy atom. The third-order valence-electron chi connectivity index (χ3n) is 6.50. The van der Waals surface area contributed by atoms with E-state index in [0.717, 1.165) is 16.7 Å². The van der Waals surface area contributed by atoms with Crippen LogP contribution in [0.15, 0.2) is 96.9 Å². The van der Waals surface area contributed by atoms with Crippen LogP contribution in [0.25, 0.3) is 27.7 Å². The SMILES string of the molecule is C=C(C)/C=C/c1ccc(/C(=C(\c2ccncc2Cl)C2CCC2)c2ccc(-c3cncs3)cc2)cc1.CC. The van der Waals surface area contributed by atoms with Gasteiger partial charge in [-0.25, -0.2) is 0 Å². The van der Waals surface area contributed by atoms with E-state index in [9.17, 15) is 0 Å². The van der Waals surface area contributed by atoms with Crippen LogP contribution in [0.3, 0.4) is 0 Å². The molecule has 0 unspecified atom stereocenters. The van der Waals surface area contributed by atoms with Gasteiger partial charge in [-0.2, -0.15) is 0 Å². The average molecular weight is 525 g/mol. The van der Waals surface area contributed by atoms with Crippen LogP contribution in [0.1, 0.15) is 62.3 Å². The summed E-state index contributed by atoms with van der Waals surface area (Å²) in [5, 5.41) is 0.703. The Kier molecular flexibility index (Phi) is 9.27. The van der Waals surface area contributed by atoms with Crippen molar-refractivity contribution < 1.29 is 0 Å². The fourth-order valence-electron chi connectivity index (χ4n) is 4.49. The van der Waals surface area contributed by atoms with Crippen molar-refractivity contribution in [2.45, 2.75) is 40.0 Å². The average Bonchev–Trinajstić information content (AvgIpc) is 3.44. The van der Waals surface area contributed by atoms with Gasteiger partial charge in [0.15, 0.2) is 0 Å². The number of halogens is 1. The molecule has 0 saturated heterocycles. The van der Waals surface area contributed by atoms with E-state index in [1.807, 2.05) is 44.8 Å². The Balaban J connectivity index is 0.00000156. The van der Waals surface area contributed by atoms with Gasteiger partial charge in [-0.05, 0) is 65.1 Å². The maximum absolute atomic E-state index is 6.73. The quantitative estimate of drug-likeness (QED) is 0.225. The summed E-state index contributed by atoms with van der Waals surface area (Å²) in [6.45, 7) is 9.97. The molecule has 1 saturated carbocycles. The topological polar surface area (TPSA) is 25.8 Å². The summed E-state index contributed by atoms with van der Waals surface area (Å²) in [4.78, 5) is 9.66. The summed E-state index contributed by atoms with van der Waals surface area (Å²) in [5.74, 6) is 0.481. The van der Waals surface area contributed by atoms with Crippen molar-refractivity contribution in [2.75, 3.05) is 0 Å². The Morgan fingerprint density at radius 2 is 1.62 bits per heavy atom. The van der Waals surface area contributed by atoms with Gasteiger partial charge in [0.25, 0.3) is 0 Å². The molecule has 1 aliphatic carbocycles. The van der Waals surface area contributed by atoms with Crippen LogP contribution in [-0.4, -0.2) is 9.97 Å². The Bertz CT molecular complexity index is 1380. The minimum atomic E-state index is 0.481. The second-order valence-electron chi connectivity index (χ2n) is 9.02. The molecular formula is C33H33ClN2S. The number of benzene rings is 2. The minimum absolute atomic E-state index is 0.481. The van der Waals surface area contributed by atoms with Gasteiger partial charge in [-0.1, -0.05) is 105 Å². The van der Waals surface area contributed by atoms with E-state index in [1.54, 1.807) is 17.5 Å². The van der Waals surface area contributed by atoms with E-state index in [4.69, 9.17) is 11.6 Å². The van der Waals surface area contributed by atoms with Gasteiger partial charge in [0.2, 0.25) is 0 Å². The lowest BCUT2D eigenvalue weighted by Crippen LogP contribution is -2.15. The summed E-state index contributed by atoms with van der Waals surface area (Å²) < 4.78 is 0. The molecule has 5 rings (SSSR count). The zero-order chi connectivity index (χ0) is 26.2. The number of hydrogen-bond acceptors (Lipinski definition) is 3. The molecule has 188 valence electrons. The van der Waals surface area contributed by atoms with E-state index in [2.05, 4.69) is 77.2 Å². The molecule has 0 radical (unpaired) electrons. The molecule has 2 heterocycles. The fourth-order valence-corrected chi connectivity index (χ4v) is 5.34. The summed E-state index contributed by atoms with van der Waals surface area (Å²) in [7, 11) is 0. The number of rotatable bonds is 7. The fraction of sp³-hybridized carbons (Fsp3) is 0.212. The van der Waals surface area contributed by atoms with Crippen molar-refractivity contribution in [1.82, 2.24) is 9.97 Å². The molecule has 0 bridgehead atoms. The van der Waals surface area contributed by atoms with Crippen molar-refractivity contribution in [2.24, 2.45) is 5.92 Å². The molecule has 4 aromatic rings. The van der Waals surface area contributed by atoms with Gasteiger partial charge >= 0.3 is 0 Å². The Hall–Kier alpha value is -3.27. The first-order valence-electron chi connectivity index (χ1n) is 12.9. The molecule has 0 N–H and O–H groups in total. The highest BCUT2D eigenvalue weighted by molar-refractivity contribution is 7.13. The molecule has 1 fully saturated rings. The molecule has 0 aliphatic heterocycles. The maximum Gasteiger partial charge on any atom is 0.0797 e. The molecule has 1 aliphatic rings. The second-order valence-corrected chi connectivity index (χ2v) is 10.3. The van der Waals surface area contributed by atoms with Crippen molar-refractivity contribution in [1.29, 1.82) is 0 Å². The van der Waals surface area contributed by atoms with Crippen molar-refractivity contribution in [3.63, 3.8) is 0 Å². The number of aromatic nitrogens is 2. The monoisotopic (exact) mass is 524 g/mol. The van der Waals surface area contributed by atoms with Gasteiger partial charge < -0.3 is 0 Å². The van der Waals surface area contributed by atoms with Crippen LogP contribution in [0.4, 0.5) is 0 Å². The second kappa shape index (κ2) is 12.8. The van der Waals surface area contributed by atoms with E-state index in [-0.39, 0.29) is 0 Å². The molecule has 0 atom stereocenters. The van der Waals surface area contributed by atoms with Crippen LogP contribution in [0.2, 0.25) is 5.02 Å². The zero-order valence-corrected chi connectivity index (χ0v) is 23.3. The number of allylic oxidation sites excluding steroid dienone is 3. The summed E-state index contributed by atoms with van der Waals surface area (Å²) in [6, 6.07) is 19.7. The summed E-state index contributed by atoms with van der Waals surface area (Å²) in [6.07, 6.45) is 13.3. The number of nitrogens with zero attached hydrogens (tertiary/aromatic N) is 2. The number of hydrogen-bond donors (Lipinski definition) is 0. The third-order valence-corrected chi connectivity index (χ3v) is 7.62. The highest BCUT2D eigenvalue weighted by Crippen LogP contribution is 2.46. The number of pyridine rings is 1. The molecule has 37 heavy (non-hydrogen) atoms. The summed E-state index contributed by atoms with van der Waals surface area (Å²) in [5.41, 5.74) is 11.3. The van der Waals surface area contributed by atoms with Crippen molar-refractivity contribution in [3.05, 3.63) is 124 Å². The Morgan fingerprint density at radius 3 is 2.16 bits per heavy atom. The first-order chi connectivity index (χ1) is 18.1. The normalized spacial score (nSPS) is 13.9. The predicted molar refractivity (Wildman–Crippen MR) is 162 cm³/mol. The van der Waals surface area contributed by atoms with Gasteiger partial charge in [-0.15, -0.1) is 11.3 Å². The van der Waals surface area contributed by atoms with Gasteiger partial charge in [-0.3, -0.25) is 9.97 Å². The molecule has 2 aromatic carbocycles. The van der Waals surface area contributed by atoms with Crippen molar-refractivity contribution in [3.8, 4) is 10.4 Å². The highest BCUT2D eigenvalue weighted by Gasteiger charge is 2.28. The summed E-state index contributed by atoms with van der Waals surface area (Å²) >= 11 is 8.39. The van der Waals surface area contributed by atoms with E-state index >= 15 is 0 Å². The smallest absolute Gasteiger partial charge is 0.0797 e. The molecule has 0 spiro atoms. The molecular weight excluding hydrogens is 492 g/mol. The predicted octanol–water partition coefficient (Wildman–Crippen LogP) is 10.2. The molecule has 2 aromatic heterocycles. The van der Waals surface area contributed by atoms with Crippen molar-refractivity contribution >= 4 is 40.2 Å². The highest BCUT2D eigenvalue weighted by atomic mass is 35.5. The number of thiazole rings is 1. The van der Waals surface area contributed by atoms with E-state index in [0.29, 0.717) is 10.9 Å².